The van der Waals surface area contributed by atoms with Crippen molar-refractivity contribution in [3.8, 4) is 0 Å². The molecular weight excluding hydrogens is 428 g/mol. The summed E-state index contributed by atoms with van der Waals surface area (Å²) < 4.78 is 28.5. The summed E-state index contributed by atoms with van der Waals surface area (Å²) in [5, 5.41) is 0. The molecule has 1 heterocycles. The van der Waals surface area contributed by atoms with Gasteiger partial charge in [-0.25, -0.2) is 8.42 Å². The van der Waals surface area contributed by atoms with Crippen molar-refractivity contribution in [3.05, 3.63) is 59.1 Å². The van der Waals surface area contributed by atoms with E-state index in [9.17, 15) is 13.2 Å². The molecule has 0 aromatic heterocycles. The number of hydrogen-bond acceptors (Lipinski definition) is 3. The van der Waals surface area contributed by atoms with Crippen LogP contribution in [0.1, 0.15) is 19.8 Å². The molecule has 3 rings (SSSR count). The van der Waals surface area contributed by atoms with Crippen molar-refractivity contribution in [2.24, 2.45) is 5.92 Å². The Morgan fingerprint density at radius 2 is 1.81 bits per heavy atom. The molecule has 1 saturated heterocycles. The summed E-state index contributed by atoms with van der Waals surface area (Å²) in [7, 11) is -3.84. The fraction of sp³-hybridized carbons (Fsp3) is 0.350. The van der Waals surface area contributed by atoms with Crippen LogP contribution in [0.4, 0.5) is 5.69 Å². The van der Waals surface area contributed by atoms with Gasteiger partial charge in [0.1, 0.15) is 6.54 Å². The minimum atomic E-state index is -3.84. The highest BCUT2D eigenvalue weighted by molar-refractivity contribution is 9.10. The molecule has 7 heteroatoms. The minimum absolute atomic E-state index is 0.163. The third-order valence-corrected chi connectivity index (χ3v) is 7.05. The molecule has 0 aliphatic carbocycles. The highest BCUT2D eigenvalue weighted by Crippen LogP contribution is 2.26. The molecule has 2 aromatic carbocycles. The van der Waals surface area contributed by atoms with Crippen LogP contribution in [0.25, 0.3) is 0 Å². The Kier molecular flexibility index (Phi) is 6.22. The van der Waals surface area contributed by atoms with E-state index in [4.69, 9.17) is 0 Å². The van der Waals surface area contributed by atoms with Gasteiger partial charge < -0.3 is 4.90 Å². The van der Waals surface area contributed by atoms with Crippen molar-refractivity contribution in [3.63, 3.8) is 0 Å². The molecule has 0 saturated carbocycles. The normalized spacial score (nSPS) is 17.6. The van der Waals surface area contributed by atoms with Crippen molar-refractivity contribution < 1.29 is 13.2 Å². The molecule has 0 bridgehead atoms. The third-order valence-electron chi connectivity index (χ3n) is 4.73. The average molecular weight is 451 g/mol. The summed E-state index contributed by atoms with van der Waals surface area (Å²) in [6.07, 6.45) is 2.05. The molecular formula is C20H23BrN2O3S. The van der Waals surface area contributed by atoms with Gasteiger partial charge in [0, 0.05) is 17.6 Å². The lowest BCUT2D eigenvalue weighted by Crippen LogP contribution is -2.46. The van der Waals surface area contributed by atoms with Crippen LogP contribution in [0.5, 0.6) is 0 Å². The Morgan fingerprint density at radius 1 is 1.15 bits per heavy atom. The van der Waals surface area contributed by atoms with Crippen LogP contribution in [0.3, 0.4) is 0 Å². The quantitative estimate of drug-likeness (QED) is 0.693. The Bertz CT molecular complexity index is 885. The Hall–Kier alpha value is -1.86. The molecule has 5 nitrogen and oxygen atoms in total. The van der Waals surface area contributed by atoms with Gasteiger partial charge in [0.15, 0.2) is 0 Å². The summed E-state index contributed by atoms with van der Waals surface area (Å²) in [5.74, 6) is 0.276. The number of carbonyl (C=O) groups is 1. The van der Waals surface area contributed by atoms with E-state index in [1.807, 2.05) is 0 Å². The van der Waals surface area contributed by atoms with Gasteiger partial charge >= 0.3 is 0 Å². The standard InChI is InChI=1S/C20H23BrN2O3S/c1-16-6-5-13-22(14-16)20(24)15-23(18-11-9-17(21)10-12-18)27(25,26)19-7-3-2-4-8-19/h2-4,7-12,16H,5-6,13-15H2,1H3/t16-/m1/s1. The lowest BCUT2D eigenvalue weighted by molar-refractivity contribution is -0.131. The maximum Gasteiger partial charge on any atom is 0.264 e. The molecule has 0 radical (unpaired) electrons. The Morgan fingerprint density at radius 3 is 2.44 bits per heavy atom. The number of benzene rings is 2. The molecule has 1 aliphatic rings. The van der Waals surface area contributed by atoms with E-state index in [0.29, 0.717) is 24.7 Å². The molecule has 0 N–H and O–H groups in total. The summed E-state index contributed by atoms with van der Waals surface area (Å²) in [4.78, 5) is 14.8. The first-order valence-electron chi connectivity index (χ1n) is 8.99. The van der Waals surface area contributed by atoms with E-state index in [1.165, 1.54) is 4.31 Å². The van der Waals surface area contributed by atoms with E-state index in [2.05, 4.69) is 22.9 Å². The van der Waals surface area contributed by atoms with Gasteiger partial charge in [-0.15, -0.1) is 0 Å². The zero-order chi connectivity index (χ0) is 19.4. The first kappa shape index (κ1) is 19.9. The lowest BCUT2D eigenvalue weighted by atomic mass is 10.0. The molecule has 0 unspecified atom stereocenters. The summed E-state index contributed by atoms with van der Waals surface area (Å²) in [6, 6.07) is 15.2. The van der Waals surface area contributed by atoms with E-state index < -0.39 is 10.0 Å². The minimum Gasteiger partial charge on any atom is -0.341 e. The first-order chi connectivity index (χ1) is 12.9. The molecule has 1 aliphatic heterocycles. The van der Waals surface area contributed by atoms with Crippen molar-refractivity contribution in [1.29, 1.82) is 0 Å². The zero-order valence-corrected chi connectivity index (χ0v) is 17.6. The SMILES string of the molecule is C[C@@H]1CCCN(C(=O)CN(c2ccc(Br)cc2)S(=O)(=O)c2ccccc2)C1. The summed E-state index contributed by atoms with van der Waals surface area (Å²) in [5.41, 5.74) is 0.473. The number of rotatable bonds is 5. The predicted octanol–water partition coefficient (Wildman–Crippen LogP) is 3.90. The van der Waals surface area contributed by atoms with Gasteiger partial charge in [-0.1, -0.05) is 41.1 Å². The van der Waals surface area contributed by atoms with Gasteiger partial charge in [-0.2, -0.15) is 0 Å². The maximum absolute atomic E-state index is 13.2. The van der Waals surface area contributed by atoms with E-state index in [0.717, 1.165) is 17.3 Å². The van der Waals surface area contributed by atoms with Crippen molar-refractivity contribution in [2.45, 2.75) is 24.7 Å². The van der Waals surface area contributed by atoms with Crippen LogP contribution in [0.2, 0.25) is 0 Å². The molecule has 1 fully saturated rings. The number of piperidine rings is 1. The fourth-order valence-corrected chi connectivity index (χ4v) is 4.98. The largest absolute Gasteiger partial charge is 0.341 e. The number of nitrogens with zero attached hydrogens (tertiary/aromatic N) is 2. The summed E-state index contributed by atoms with van der Waals surface area (Å²) >= 11 is 3.37. The Balaban J connectivity index is 1.93. The van der Waals surface area contributed by atoms with Crippen LogP contribution in [0, 0.1) is 5.92 Å². The monoisotopic (exact) mass is 450 g/mol. The van der Waals surface area contributed by atoms with E-state index in [-0.39, 0.29) is 17.3 Å². The second-order valence-electron chi connectivity index (χ2n) is 6.89. The number of anilines is 1. The second kappa shape index (κ2) is 8.44. The van der Waals surface area contributed by atoms with Crippen LogP contribution >= 0.6 is 15.9 Å². The Labute approximate surface area is 169 Å². The van der Waals surface area contributed by atoms with Crippen molar-refractivity contribution >= 4 is 37.5 Å². The number of carbonyl (C=O) groups excluding carboxylic acids is 1. The van der Waals surface area contributed by atoms with Gasteiger partial charge in [-0.3, -0.25) is 9.10 Å². The topological polar surface area (TPSA) is 57.7 Å². The van der Waals surface area contributed by atoms with Crippen LogP contribution in [-0.2, 0) is 14.8 Å². The predicted molar refractivity (Wildman–Crippen MR) is 110 cm³/mol. The van der Waals surface area contributed by atoms with Crippen LogP contribution in [-0.4, -0.2) is 38.9 Å². The number of sulfonamides is 1. The highest BCUT2D eigenvalue weighted by Gasteiger charge is 2.30. The first-order valence-corrected chi connectivity index (χ1v) is 11.2. The smallest absolute Gasteiger partial charge is 0.264 e. The van der Waals surface area contributed by atoms with Gasteiger partial charge in [0.05, 0.1) is 10.6 Å². The molecule has 2 aromatic rings. The van der Waals surface area contributed by atoms with Crippen molar-refractivity contribution in [2.75, 3.05) is 23.9 Å². The second-order valence-corrected chi connectivity index (χ2v) is 9.67. The van der Waals surface area contributed by atoms with Crippen LogP contribution in [0.15, 0.2) is 64.0 Å². The molecule has 27 heavy (non-hydrogen) atoms. The molecule has 1 amide bonds. The highest BCUT2D eigenvalue weighted by atomic mass is 79.9. The van der Waals surface area contributed by atoms with Crippen molar-refractivity contribution in [1.82, 2.24) is 4.90 Å². The van der Waals surface area contributed by atoms with E-state index >= 15 is 0 Å². The van der Waals surface area contributed by atoms with Crippen LogP contribution < -0.4 is 4.31 Å². The number of hydrogen-bond donors (Lipinski definition) is 0. The van der Waals surface area contributed by atoms with Gasteiger partial charge in [0.25, 0.3) is 10.0 Å². The van der Waals surface area contributed by atoms with Gasteiger partial charge in [0.2, 0.25) is 5.91 Å². The molecule has 144 valence electrons. The maximum atomic E-state index is 13.2. The number of likely N-dealkylation sites (tertiary alicyclic amines) is 1. The summed E-state index contributed by atoms with van der Waals surface area (Å²) in [6.45, 7) is 3.28. The van der Waals surface area contributed by atoms with Gasteiger partial charge in [-0.05, 0) is 55.2 Å². The zero-order valence-electron chi connectivity index (χ0n) is 15.2. The third kappa shape index (κ3) is 4.71. The van der Waals surface area contributed by atoms with E-state index in [1.54, 1.807) is 59.5 Å². The molecule has 1 atom stereocenters. The lowest BCUT2D eigenvalue weighted by Gasteiger charge is -2.33. The molecule has 0 spiro atoms. The fourth-order valence-electron chi connectivity index (χ4n) is 3.28. The number of halogens is 1. The average Bonchev–Trinajstić information content (AvgIpc) is 2.67. The number of amides is 1.